The first kappa shape index (κ1) is 17.8. The molecule has 0 radical (unpaired) electrons. The summed E-state index contributed by atoms with van der Waals surface area (Å²) in [5, 5.41) is 0.475. The predicted octanol–water partition coefficient (Wildman–Crippen LogP) is 4.40. The standard InChI is InChI=1S/C23H19N3O2S/c1-23(2)15-8-4-5-9-16(15)25(3)19(23)13-17(27)18-12-14-21(29-18)24-20-10-6-7-11-26(20)22(14)28/h4-13H,1-3H3/b19-13-. The van der Waals surface area contributed by atoms with E-state index in [2.05, 4.69) is 35.9 Å². The number of pyridine rings is 1. The third kappa shape index (κ3) is 2.56. The van der Waals surface area contributed by atoms with Gasteiger partial charge in [0.15, 0.2) is 5.78 Å². The summed E-state index contributed by atoms with van der Waals surface area (Å²) in [5.41, 5.74) is 3.40. The Labute approximate surface area is 171 Å². The normalized spacial score (nSPS) is 16.7. The van der Waals surface area contributed by atoms with Crippen LogP contribution in [0.3, 0.4) is 0 Å². The predicted molar refractivity (Wildman–Crippen MR) is 117 cm³/mol. The summed E-state index contributed by atoms with van der Waals surface area (Å²) in [6.07, 6.45) is 3.39. The van der Waals surface area contributed by atoms with E-state index in [4.69, 9.17) is 0 Å². The van der Waals surface area contributed by atoms with Crippen LogP contribution in [0.4, 0.5) is 5.69 Å². The fourth-order valence-corrected chi connectivity index (χ4v) is 5.06. The molecule has 5 rings (SSSR count). The third-order valence-electron chi connectivity index (χ3n) is 5.67. The first-order chi connectivity index (χ1) is 13.9. The second kappa shape index (κ2) is 6.12. The van der Waals surface area contributed by atoms with Crippen LogP contribution in [0.15, 0.2) is 71.3 Å². The summed E-state index contributed by atoms with van der Waals surface area (Å²) in [5.74, 6) is -0.107. The van der Waals surface area contributed by atoms with Crippen LogP contribution in [0.25, 0.3) is 15.9 Å². The lowest BCUT2D eigenvalue weighted by Crippen LogP contribution is -2.24. The van der Waals surface area contributed by atoms with Crippen LogP contribution < -0.4 is 10.5 Å². The van der Waals surface area contributed by atoms with Crippen molar-refractivity contribution in [3.05, 3.63) is 87.3 Å². The molecule has 0 unspecified atom stereocenters. The zero-order chi connectivity index (χ0) is 20.3. The van der Waals surface area contributed by atoms with E-state index < -0.39 is 0 Å². The fraction of sp³-hybridized carbons (Fsp3) is 0.174. The van der Waals surface area contributed by atoms with E-state index in [9.17, 15) is 9.59 Å². The highest BCUT2D eigenvalue weighted by molar-refractivity contribution is 7.20. The maximum absolute atomic E-state index is 13.1. The van der Waals surface area contributed by atoms with Crippen LogP contribution in [0, 0.1) is 0 Å². The van der Waals surface area contributed by atoms with Gasteiger partial charge >= 0.3 is 0 Å². The molecule has 0 saturated heterocycles. The van der Waals surface area contributed by atoms with E-state index in [-0.39, 0.29) is 16.8 Å². The van der Waals surface area contributed by atoms with Crippen LogP contribution in [0.5, 0.6) is 0 Å². The molecule has 0 amide bonds. The number of hydrogen-bond acceptors (Lipinski definition) is 5. The quantitative estimate of drug-likeness (QED) is 0.369. The van der Waals surface area contributed by atoms with Gasteiger partial charge in [-0.05, 0) is 29.8 Å². The Morgan fingerprint density at radius 3 is 2.69 bits per heavy atom. The van der Waals surface area contributed by atoms with Gasteiger partial charge in [-0.25, -0.2) is 4.98 Å². The maximum atomic E-state index is 13.1. The smallest absolute Gasteiger partial charge is 0.266 e. The Bertz CT molecular complexity index is 1390. The molecule has 0 atom stereocenters. The number of hydrogen-bond donors (Lipinski definition) is 0. The average molecular weight is 401 g/mol. The van der Waals surface area contributed by atoms with Gasteiger partial charge in [-0.15, -0.1) is 11.3 Å². The van der Waals surface area contributed by atoms with Crippen molar-refractivity contribution in [2.75, 3.05) is 11.9 Å². The van der Waals surface area contributed by atoms with E-state index >= 15 is 0 Å². The zero-order valence-electron chi connectivity index (χ0n) is 16.3. The van der Waals surface area contributed by atoms with Crippen LogP contribution >= 0.6 is 11.3 Å². The molecular weight excluding hydrogens is 382 g/mol. The van der Waals surface area contributed by atoms with Crippen molar-refractivity contribution in [2.24, 2.45) is 0 Å². The van der Waals surface area contributed by atoms with E-state index in [0.717, 1.165) is 11.4 Å². The van der Waals surface area contributed by atoms with E-state index in [1.165, 1.54) is 21.3 Å². The van der Waals surface area contributed by atoms with Crippen LogP contribution in [0.1, 0.15) is 29.1 Å². The number of allylic oxidation sites excluding steroid dienone is 2. The topological polar surface area (TPSA) is 54.7 Å². The van der Waals surface area contributed by atoms with Gasteiger partial charge < -0.3 is 4.90 Å². The van der Waals surface area contributed by atoms with Crippen molar-refractivity contribution in [1.29, 1.82) is 0 Å². The first-order valence-corrected chi connectivity index (χ1v) is 10.2. The Morgan fingerprint density at radius 1 is 1.14 bits per heavy atom. The number of nitrogens with zero attached hydrogens (tertiary/aromatic N) is 3. The van der Waals surface area contributed by atoms with Crippen LogP contribution in [-0.2, 0) is 5.41 Å². The number of rotatable bonds is 2. The largest absolute Gasteiger partial charge is 0.347 e. The van der Waals surface area contributed by atoms with Gasteiger partial charge in [-0.3, -0.25) is 14.0 Å². The molecule has 4 aromatic rings. The molecule has 1 aromatic carbocycles. The lowest BCUT2D eigenvalue weighted by Gasteiger charge is -2.23. The monoisotopic (exact) mass is 401 g/mol. The highest BCUT2D eigenvalue weighted by atomic mass is 32.1. The molecule has 0 aliphatic carbocycles. The van der Waals surface area contributed by atoms with Gasteiger partial charge in [-0.2, -0.15) is 0 Å². The number of benzene rings is 1. The van der Waals surface area contributed by atoms with E-state index in [1.807, 2.05) is 25.2 Å². The Kier molecular flexibility index (Phi) is 3.76. The number of likely N-dealkylation sites (N-methyl/N-ethyl adjacent to an activating group) is 1. The number of para-hydroxylation sites is 1. The van der Waals surface area contributed by atoms with Crippen LogP contribution in [-0.4, -0.2) is 22.2 Å². The number of fused-ring (bicyclic) bond motifs is 3. The van der Waals surface area contributed by atoms with Crippen LogP contribution in [0.2, 0.25) is 0 Å². The average Bonchev–Trinajstić information content (AvgIpc) is 3.22. The molecule has 0 N–H and O–H groups in total. The molecule has 1 aliphatic rings. The molecule has 5 nitrogen and oxygen atoms in total. The molecule has 0 spiro atoms. The number of aromatic nitrogens is 2. The molecular formula is C23H19N3O2S. The zero-order valence-corrected chi connectivity index (χ0v) is 17.2. The summed E-state index contributed by atoms with van der Waals surface area (Å²) in [7, 11) is 1.98. The lowest BCUT2D eigenvalue weighted by molar-refractivity contribution is 0.104. The number of anilines is 1. The lowest BCUT2D eigenvalue weighted by atomic mass is 9.83. The van der Waals surface area contributed by atoms with Gasteiger partial charge in [0.25, 0.3) is 5.56 Å². The van der Waals surface area contributed by atoms with Crippen molar-refractivity contribution >= 4 is 38.7 Å². The van der Waals surface area contributed by atoms with Crippen molar-refractivity contribution in [1.82, 2.24) is 9.38 Å². The number of ketones is 1. The van der Waals surface area contributed by atoms with Gasteiger partial charge in [-0.1, -0.05) is 38.1 Å². The minimum atomic E-state index is -0.274. The number of thiophene rings is 1. The summed E-state index contributed by atoms with van der Waals surface area (Å²) in [6, 6.07) is 15.3. The Balaban J connectivity index is 1.61. The van der Waals surface area contributed by atoms with Crippen molar-refractivity contribution in [3.63, 3.8) is 0 Å². The van der Waals surface area contributed by atoms with Crippen molar-refractivity contribution < 1.29 is 4.79 Å². The highest BCUT2D eigenvalue weighted by Crippen LogP contribution is 2.46. The van der Waals surface area contributed by atoms with Gasteiger partial charge in [0.2, 0.25) is 0 Å². The molecule has 144 valence electrons. The first-order valence-electron chi connectivity index (χ1n) is 9.38. The minimum Gasteiger partial charge on any atom is -0.347 e. The third-order valence-corrected chi connectivity index (χ3v) is 6.71. The maximum Gasteiger partial charge on any atom is 0.266 e. The fourth-order valence-electron chi connectivity index (χ4n) is 4.12. The van der Waals surface area contributed by atoms with Crippen molar-refractivity contribution in [3.8, 4) is 0 Å². The molecule has 29 heavy (non-hydrogen) atoms. The molecule has 0 saturated carbocycles. The molecule has 0 fully saturated rings. The number of carbonyl (C=O) groups is 1. The van der Waals surface area contributed by atoms with E-state index in [1.54, 1.807) is 30.5 Å². The summed E-state index contributed by atoms with van der Waals surface area (Å²) >= 11 is 1.27. The molecule has 0 bridgehead atoms. The minimum absolute atomic E-state index is 0.107. The van der Waals surface area contributed by atoms with E-state index in [0.29, 0.717) is 20.7 Å². The molecule has 6 heteroatoms. The van der Waals surface area contributed by atoms with Gasteiger partial charge in [0.05, 0.1) is 10.3 Å². The summed E-state index contributed by atoms with van der Waals surface area (Å²) in [6.45, 7) is 4.25. The second-order valence-electron chi connectivity index (χ2n) is 7.77. The van der Waals surface area contributed by atoms with Gasteiger partial charge in [0.1, 0.15) is 10.5 Å². The van der Waals surface area contributed by atoms with Crippen molar-refractivity contribution in [2.45, 2.75) is 19.3 Å². The van der Waals surface area contributed by atoms with Gasteiger partial charge in [0, 0.05) is 36.1 Å². The Morgan fingerprint density at radius 2 is 1.90 bits per heavy atom. The number of carbonyl (C=O) groups excluding carboxylic acids is 1. The summed E-state index contributed by atoms with van der Waals surface area (Å²) < 4.78 is 1.51. The highest BCUT2D eigenvalue weighted by Gasteiger charge is 2.38. The molecule has 4 heterocycles. The SMILES string of the molecule is CN1/C(=C\C(=O)c2cc3c(=O)n4ccccc4nc3s2)C(C)(C)c2ccccc21. The molecule has 3 aromatic heterocycles. The molecule has 1 aliphatic heterocycles. The second-order valence-corrected chi connectivity index (χ2v) is 8.80. The summed E-state index contributed by atoms with van der Waals surface area (Å²) in [4.78, 5) is 33.6. The Hall–Kier alpha value is -3.25.